The molecule has 1 aliphatic rings. The smallest absolute Gasteiger partial charge is 0.144 e. The van der Waals surface area contributed by atoms with E-state index >= 15 is 0 Å². The fraction of sp³-hybridized carbons (Fsp3) is 0.185. The van der Waals surface area contributed by atoms with Crippen LogP contribution in [0.25, 0.3) is 10.9 Å². The van der Waals surface area contributed by atoms with Gasteiger partial charge in [-0.05, 0) is 29.8 Å². The van der Waals surface area contributed by atoms with Crippen LogP contribution in [0, 0.1) is 11.3 Å². The molecule has 5 rings (SSSR count). The van der Waals surface area contributed by atoms with Crippen molar-refractivity contribution >= 4 is 39.6 Å². The molecule has 0 spiro atoms. The number of fused-ring (bicyclic) bond motifs is 1. The minimum absolute atomic E-state index is 0.0320. The van der Waals surface area contributed by atoms with Crippen molar-refractivity contribution in [2.45, 2.75) is 19.1 Å². The Hall–Kier alpha value is -3.99. The number of anilines is 3. The zero-order valence-electron chi connectivity index (χ0n) is 18.8. The third kappa shape index (κ3) is 5.09. The van der Waals surface area contributed by atoms with Crippen LogP contribution in [0.1, 0.15) is 17.5 Å². The van der Waals surface area contributed by atoms with Gasteiger partial charge in [0.2, 0.25) is 0 Å². The number of aromatic nitrogens is 1. The van der Waals surface area contributed by atoms with E-state index in [4.69, 9.17) is 31.5 Å². The third-order valence-electron chi connectivity index (χ3n) is 5.74. The molecule has 3 N–H and O–H groups in total. The van der Waals surface area contributed by atoms with Gasteiger partial charge in [-0.25, -0.2) is 0 Å². The van der Waals surface area contributed by atoms with E-state index in [1.807, 2.05) is 36.4 Å². The van der Waals surface area contributed by atoms with Gasteiger partial charge in [0.05, 0.1) is 40.7 Å². The van der Waals surface area contributed by atoms with Crippen LogP contribution >= 0.6 is 11.6 Å². The summed E-state index contributed by atoms with van der Waals surface area (Å²) >= 11 is 6.49. The summed E-state index contributed by atoms with van der Waals surface area (Å²) in [6, 6.07) is 21.0. The molecule has 8 heteroatoms. The number of benzene rings is 3. The normalized spacial score (nSPS) is 15.0. The van der Waals surface area contributed by atoms with Crippen molar-refractivity contribution in [1.29, 1.82) is 5.26 Å². The van der Waals surface area contributed by atoms with E-state index < -0.39 is 0 Å². The van der Waals surface area contributed by atoms with Gasteiger partial charge < -0.3 is 25.3 Å². The summed E-state index contributed by atoms with van der Waals surface area (Å²) in [4.78, 5) is 4.44. The first-order valence-electron chi connectivity index (χ1n) is 11.2. The molecule has 0 amide bonds. The Morgan fingerprint density at radius 3 is 2.74 bits per heavy atom. The Morgan fingerprint density at radius 2 is 2.00 bits per heavy atom. The lowest BCUT2D eigenvalue weighted by Gasteiger charge is -2.17. The number of hydrogen-bond acceptors (Lipinski definition) is 7. The lowest BCUT2D eigenvalue weighted by atomic mass is 10.1. The predicted molar refractivity (Wildman–Crippen MR) is 136 cm³/mol. The van der Waals surface area contributed by atoms with Gasteiger partial charge >= 0.3 is 0 Å². The van der Waals surface area contributed by atoms with Crippen molar-refractivity contribution in [3.8, 4) is 17.6 Å². The van der Waals surface area contributed by atoms with Gasteiger partial charge in [0.1, 0.15) is 30.3 Å². The lowest BCUT2D eigenvalue weighted by molar-refractivity contribution is 0.142. The van der Waals surface area contributed by atoms with Gasteiger partial charge in [-0.2, -0.15) is 5.26 Å². The number of nitrogen functional groups attached to an aromatic ring is 1. The van der Waals surface area contributed by atoms with Crippen LogP contribution in [0.3, 0.4) is 0 Å². The summed E-state index contributed by atoms with van der Waals surface area (Å²) < 4.78 is 17.3. The molecule has 1 fully saturated rings. The number of rotatable bonds is 7. The Balaban J connectivity index is 1.41. The van der Waals surface area contributed by atoms with Gasteiger partial charge in [0.25, 0.3) is 0 Å². The number of nitriles is 1. The maximum Gasteiger partial charge on any atom is 0.144 e. The highest BCUT2D eigenvalue weighted by Crippen LogP contribution is 2.37. The monoisotopic (exact) mass is 486 g/mol. The van der Waals surface area contributed by atoms with E-state index in [0.717, 1.165) is 12.0 Å². The molecular formula is C27H23ClN4O3. The molecule has 176 valence electrons. The number of nitrogens with zero attached hydrogens (tertiary/aromatic N) is 2. The molecule has 0 saturated carbocycles. The fourth-order valence-corrected chi connectivity index (χ4v) is 4.15. The molecule has 1 aromatic heterocycles. The van der Waals surface area contributed by atoms with Gasteiger partial charge in [-0.1, -0.05) is 41.9 Å². The van der Waals surface area contributed by atoms with Crippen molar-refractivity contribution in [3.05, 3.63) is 83.0 Å². The van der Waals surface area contributed by atoms with Crippen LogP contribution in [0.4, 0.5) is 17.1 Å². The highest BCUT2D eigenvalue weighted by atomic mass is 35.5. The highest BCUT2D eigenvalue weighted by Gasteiger charge is 2.20. The maximum atomic E-state index is 9.70. The lowest BCUT2D eigenvalue weighted by Crippen LogP contribution is -2.16. The molecule has 0 aliphatic carbocycles. The van der Waals surface area contributed by atoms with Crippen molar-refractivity contribution < 1.29 is 14.2 Å². The number of nitrogens with two attached hydrogens (primary N) is 1. The molecule has 1 unspecified atom stereocenters. The van der Waals surface area contributed by atoms with Crippen LogP contribution in [0.2, 0.25) is 5.02 Å². The van der Waals surface area contributed by atoms with E-state index in [1.54, 1.807) is 24.3 Å². The fourth-order valence-electron chi connectivity index (χ4n) is 3.92. The van der Waals surface area contributed by atoms with Crippen molar-refractivity contribution in [3.63, 3.8) is 0 Å². The van der Waals surface area contributed by atoms with Crippen LogP contribution in [-0.4, -0.2) is 24.3 Å². The topological polar surface area (TPSA) is 102 Å². The summed E-state index contributed by atoms with van der Waals surface area (Å²) in [5.41, 5.74) is 10.2. The summed E-state index contributed by atoms with van der Waals surface area (Å²) in [6.45, 7) is 1.63. The largest absolute Gasteiger partial charge is 0.487 e. The van der Waals surface area contributed by atoms with Crippen LogP contribution < -0.4 is 20.5 Å². The van der Waals surface area contributed by atoms with E-state index in [9.17, 15) is 5.26 Å². The van der Waals surface area contributed by atoms with Gasteiger partial charge in [0.15, 0.2) is 0 Å². The number of halogens is 1. The third-order valence-corrected chi connectivity index (χ3v) is 6.04. The second kappa shape index (κ2) is 10.1. The Labute approximate surface area is 208 Å². The van der Waals surface area contributed by atoms with E-state index in [-0.39, 0.29) is 6.10 Å². The second-order valence-corrected chi connectivity index (χ2v) is 8.62. The molecule has 0 bridgehead atoms. The molecule has 3 aromatic carbocycles. The first kappa shape index (κ1) is 22.8. The predicted octanol–water partition coefficient (Wildman–Crippen LogP) is 5.83. The quantitative estimate of drug-likeness (QED) is 0.317. The molecule has 1 atom stereocenters. The first-order valence-corrected chi connectivity index (χ1v) is 11.6. The van der Waals surface area contributed by atoms with Crippen molar-refractivity contribution in [2.75, 3.05) is 24.3 Å². The standard InChI is InChI=1S/C27H23ClN4O3/c28-22-10-19(6-7-25(22)34-15-17-4-2-1-3-5-17)32-27-18(13-29)14-31-24-12-26(23(30)11-21(24)27)35-20-8-9-33-16-20/h1-7,10-12,14,20H,8-9,15-16,30H2,(H,31,32). The molecule has 1 saturated heterocycles. The van der Waals surface area contributed by atoms with Gasteiger partial charge in [0, 0.05) is 29.8 Å². The highest BCUT2D eigenvalue weighted by molar-refractivity contribution is 6.32. The Morgan fingerprint density at radius 1 is 1.14 bits per heavy atom. The van der Waals surface area contributed by atoms with Crippen molar-refractivity contribution in [2.24, 2.45) is 0 Å². The average molecular weight is 487 g/mol. The second-order valence-electron chi connectivity index (χ2n) is 8.21. The zero-order valence-corrected chi connectivity index (χ0v) is 19.6. The molecule has 1 aliphatic heterocycles. The number of ether oxygens (including phenoxy) is 3. The number of hydrogen-bond donors (Lipinski definition) is 2. The van der Waals surface area contributed by atoms with Gasteiger partial charge in [-0.3, -0.25) is 4.98 Å². The van der Waals surface area contributed by atoms with E-state index in [2.05, 4.69) is 16.4 Å². The summed E-state index contributed by atoms with van der Waals surface area (Å²) in [5, 5.41) is 14.2. The molecule has 7 nitrogen and oxygen atoms in total. The minimum atomic E-state index is -0.0320. The molecule has 35 heavy (non-hydrogen) atoms. The SMILES string of the molecule is N#Cc1cnc2cc(OC3CCOC3)c(N)cc2c1Nc1ccc(OCc2ccccc2)c(Cl)c1. The molecule has 2 heterocycles. The Bertz CT molecular complexity index is 1400. The summed E-state index contributed by atoms with van der Waals surface area (Å²) in [7, 11) is 0. The maximum absolute atomic E-state index is 9.70. The van der Waals surface area contributed by atoms with Crippen LogP contribution in [0.15, 0.2) is 66.9 Å². The van der Waals surface area contributed by atoms with E-state index in [0.29, 0.717) is 69.9 Å². The molecular weight excluding hydrogens is 464 g/mol. The van der Waals surface area contributed by atoms with Gasteiger partial charge in [-0.15, -0.1) is 0 Å². The number of nitrogens with one attached hydrogen (secondary N) is 1. The van der Waals surface area contributed by atoms with Crippen LogP contribution in [0.5, 0.6) is 11.5 Å². The molecule has 4 aromatic rings. The van der Waals surface area contributed by atoms with Crippen LogP contribution in [-0.2, 0) is 11.3 Å². The summed E-state index contributed by atoms with van der Waals surface area (Å²) in [6.07, 6.45) is 2.31. The zero-order chi connectivity index (χ0) is 24.2. The number of pyridine rings is 1. The first-order chi connectivity index (χ1) is 17.1. The summed E-state index contributed by atoms with van der Waals surface area (Å²) in [5.74, 6) is 1.13. The Kier molecular flexibility index (Phi) is 6.57. The van der Waals surface area contributed by atoms with E-state index in [1.165, 1.54) is 6.20 Å². The average Bonchev–Trinajstić information content (AvgIpc) is 3.38. The molecule has 0 radical (unpaired) electrons. The minimum Gasteiger partial charge on any atom is -0.487 e. The van der Waals surface area contributed by atoms with Crippen molar-refractivity contribution in [1.82, 2.24) is 4.98 Å².